The molecule has 0 aliphatic carbocycles. The fourth-order valence-corrected chi connectivity index (χ4v) is 4.50. The molecule has 26 heavy (non-hydrogen) atoms. The molecule has 6 nitrogen and oxygen atoms in total. The second-order valence-corrected chi connectivity index (χ2v) is 8.79. The first kappa shape index (κ1) is 18.8. The van der Waals surface area contributed by atoms with E-state index >= 15 is 0 Å². The third-order valence-electron chi connectivity index (χ3n) is 3.98. The Morgan fingerprint density at radius 1 is 1.31 bits per heavy atom. The Morgan fingerprint density at radius 2 is 2.12 bits per heavy atom. The SMILES string of the molecule is CC(C)CC(=O)Nc1nnc(SCC(=O)N2CCCc3ccccc32)s1. The molecule has 0 unspecified atom stereocenters. The average Bonchev–Trinajstić information content (AvgIpc) is 3.05. The molecule has 1 aliphatic heterocycles. The van der Waals surface area contributed by atoms with Crippen molar-refractivity contribution in [2.75, 3.05) is 22.5 Å². The van der Waals surface area contributed by atoms with Crippen LogP contribution in [0.4, 0.5) is 10.8 Å². The molecule has 2 heterocycles. The van der Waals surface area contributed by atoms with Crippen LogP contribution in [0.15, 0.2) is 28.6 Å². The first-order chi connectivity index (χ1) is 12.5. The maximum atomic E-state index is 12.6. The Kier molecular flexibility index (Phi) is 6.26. The van der Waals surface area contributed by atoms with Crippen molar-refractivity contribution < 1.29 is 9.59 Å². The number of aryl methyl sites for hydroxylation is 1. The monoisotopic (exact) mass is 390 g/mol. The molecule has 2 aromatic rings. The minimum atomic E-state index is -0.0614. The van der Waals surface area contributed by atoms with Crippen molar-refractivity contribution in [1.82, 2.24) is 10.2 Å². The molecule has 1 aliphatic rings. The maximum absolute atomic E-state index is 12.6. The van der Waals surface area contributed by atoms with E-state index in [0.29, 0.717) is 27.6 Å². The first-order valence-corrected chi connectivity index (χ1v) is 10.5. The molecular weight excluding hydrogens is 368 g/mol. The summed E-state index contributed by atoms with van der Waals surface area (Å²) in [5.41, 5.74) is 2.24. The molecule has 0 spiro atoms. The molecule has 1 aromatic heterocycles. The van der Waals surface area contributed by atoms with E-state index in [9.17, 15) is 9.59 Å². The number of amides is 2. The van der Waals surface area contributed by atoms with Crippen LogP contribution in [0, 0.1) is 5.92 Å². The number of thioether (sulfide) groups is 1. The number of nitrogens with one attached hydrogen (secondary N) is 1. The van der Waals surface area contributed by atoms with Crippen LogP contribution in [0.25, 0.3) is 0 Å². The van der Waals surface area contributed by atoms with Gasteiger partial charge in [-0.3, -0.25) is 9.59 Å². The van der Waals surface area contributed by atoms with E-state index in [4.69, 9.17) is 0 Å². The molecule has 1 aromatic carbocycles. The fraction of sp³-hybridized carbons (Fsp3) is 0.444. The summed E-state index contributed by atoms with van der Waals surface area (Å²) in [6, 6.07) is 8.06. The Morgan fingerprint density at radius 3 is 2.92 bits per heavy atom. The van der Waals surface area contributed by atoms with Crippen molar-refractivity contribution >= 4 is 45.7 Å². The Labute approximate surface area is 161 Å². The summed E-state index contributed by atoms with van der Waals surface area (Å²) in [5, 5.41) is 11.3. The third kappa shape index (κ3) is 4.82. The highest BCUT2D eigenvalue weighted by Crippen LogP contribution is 2.29. The zero-order valence-corrected chi connectivity index (χ0v) is 16.5. The number of hydrogen-bond acceptors (Lipinski definition) is 6. The van der Waals surface area contributed by atoms with Crippen LogP contribution in [-0.4, -0.2) is 34.3 Å². The minimum absolute atomic E-state index is 0.0614. The van der Waals surface area contributed by atoms with Gasteiger partial charge in [0, 0.05) is 18.7 Å². The largest absolute Gasteiger partial charge is 0.311 e. The van der Waals surface area contributed by atoms with Gasteiger partial charge in [0.05, 0.1) is 5.75 Å². The molecule has 3 rings (SSSR count). The number of carbonyl (C=O) groups is 2. The lowest BCUT2D eigenvalue weighted by Crippen LogP contribution is -2.36. The molecule has 0 atom stereocenters. The predicted octanol–water partition coefficient (Wildman–Crippen LogP) is 3.59. The Balaban J connectivity index is 1.55. The smallest absolute Gasteiger partial charge is 0.237 e. The quantitative estimate of drug-likeness (QED) is 0.603. The lowest BCUT2D eigenvalue weighted by Gasteiger charge is -2.29. The predicted molar refractivity (Wildman–Crippen MR) is 106 cm³/mol. The fourth-order valence-electron chi connectivity index (χ4n) is 2.85. The summed E-state index contributed by atoms with van der Waals surface area (Å²) >= 11 is 2.66. The van der Waals surface area contributed by atoms with Crippen molar-refractivity contribution in [1.29, 1.82) is 0 Å². The number of benzene rings is 1. The van der Waals surface area contributed by atoms with Gasteiger partial charge in [0.2, 0.25) is 16.9 Å². The van der Waals surface area contributed by atoms with Gasteiger partial charge in [0.25, 0.3) is 0 Å². The van der Waals surface area contributed by atoms with Gasteiger partial charge in [-0.05, 0) is 30.4 Å². The van der Waals surface area contributed by atoms with E-state index in [1.165, 1.54) is 28.7 Å². The topological polar surface area (TPSA) is 75.2 Å². The van der Waals surface area contributed by atoms with Gasteiger partial charge in [-0.2, -0.15) is 0 Å². The van der Waals surface area contributed by atoms with Crippen LogP contribution >= 0.6 is 23.1 Å². The van der Waals surface area contributed by atoms with Gasteiger partial charge in [0.15, 0.2) is 4.34 Å². The highest BCUT2D eigenvalue weighted by Gasteiger charge is 2.22. The number of fused-ring (bicyclic) bond motifs is 1. The third-order valence-corrected chi connectivity index (χ3v) is 5.93. The number of hydrogen-bond donors (Lipinski definition) is 1. The molecule has 0 bridgehead atoms. The highest BCUT2D eigenvalue weighted by molar-refractivity contribution is 8.01. The second-order valence-electron chi connectivity index (χ2n) is 6.59. The standard InChI is InChI=1S/C18H22N4O2S2/c1-12(2)10-15(23)19-17-20-21-18(26-17)25-11-16(24)22-9-5-7-13-6-3-4-8-14(13)22/h3-4,6,8,12H,5,7,9-11H2,1-2H3,(H,19,20,23). The number of anilines is 2. The van der Waals surface area contributed by atoms with E-state index in [0.717, 1.165) is 25.1 Å². The molecule has 1 N–H and O–H groups in total. The summed E-state index contributed by atoms with van der Waals surface area (Å²) in [4.78, 5) is 26.3. The normalized spacial score (nSPS) is 13.6. The van der Waals surface area contributed by atoms with Crippen LogP contribution in [-0.2, 0) is 16.0 Å². The zero-order chi connectivity index (χ0) is 18.5. The highest BCUT2D eigenvalue weighted by atomic mass is 32.2. The second kappa shape index (κ2) is 8.64. The van der Waals surface area contributed by atoms with Gasteiger partial charge in [-0.25, -0.2) is 0 Å². The molecule has 0 fully saturated rings. The van der Waals surface area contributed by atoms with Crippen molar-refractivity contribution in [3.8, 4) is 0 Å². The molecule has 138 valence electrons. The summed E-state index contributed by atoms with van der Waals surface area (Å²) < 4.78 is 0.684. The first-order valence-electron chi connectivity index (χ1n) is 8.67. The summed E-state index contributed by atoms with van der Waals surface area (Å²) in [6.45, 7) is 4.74. The molecule has 0 radical (unpaired) electrons. The van der Waals surface area contributed by atoms with Gasteiger partial charge in [-0.1, -0.05) is 55.1 Å². The van der Waals surface area contributed by atoms with Gasteiger partial charge in [-0.15, -0.1) is 10.2 Å². The number of carbonyl (C=O) groups excluding carboxylic acids is 2. The molecular formula is C18H22N4O2S2. The number of nitrogens with zero attached hydrogens (tertiary/aromatic N) is 3. The molecule has 0 saturated heterocycles. The molecule has 0 saturated carbocycles. The van der Waals surface area contributed by atoms with Crippen molar-refractivity contribution in [2.24, 2.45) is 5.92 Å². The van der Waals surface area contributed by atoms with Crippen LogP contribution in [0.3, 0.4) is 0 Å². The van der Waals surface area contributed by atoms with Crippen LogP contribution < -0.4 is 10.2 Å². The van der Waals surface area contributed by atoms with Crippen molar-refractivity contribution in [3.05, 3.63) is 29.8 Å². The van der Waals surface area contributed by atoms with E-state index in [2.05, 4.69) is 21.6 Å². The lowest BCUT2D eigenvalue weighted by atomic mass is 10.0. The summed E-state index contributed by atoms with van der Waals surface area (Å²) in [7, 11) is 0. The summed E-state index contributed by atoms with van der Waals surface area (Å²) in [6.07, 6.45) is 2.45. The summed E-state index contributed by atoms with van der Waals surface area (Å²) in [5.74, 6) is 0.612. The van der Waals surface area contributed by atoms with Crippen LogP contribution in [0.2, 0.25) is 0 Å². The van der Waals surface area contributed by atoms with Crippen molar-refractivity contribution in [3.63, 3.8) is 0 Å². The van der Waals surface area contributed by atoms with E-state index in [1.807, 2.05) is 36.9 Å². The minimum Gasteiger partial charge on any atom is -0.311 e. The van der Waals surface area contributed by atoms with Gasteiger partial charge in [0.1, 0.15) is 0 Å². The van der Waals surface area contributed by atoms with Crippen molar-refractivity contribution in [2.45, 2.75) is 37.4 Å². The Hall–Kier alpha value is -1.93. The molecule has 8 heteroatoms. The lowest BCUT2D eigenvalue weighted by molar-refractivity contribution is -0.117. The van der Waals surface area contributed by atoms with Crippen LogP contribution in [0.1, 0.15) is 32.3 Å². The zero-order valence-electron chi connectivity index (χ0n) is 14.9. The number of aromatic nitrogens is 2. The maximum Gasteiger partial charge on any atom is 0.237 e. The van der Waals surface area contributed by atoms with Gasteiger partial charge >= 0.3 is 0 Å². The van der Waals surface area contributed by atoms with E-state index < -0.39 is 0 Å². The average molecular weight is 391 g/mol. The van der Waals surface area contributed by atoms with E-state index in [-0.39, 0.29) is 11.8 Å². The Bertz CT molecular complexity index is 791. The van der Waals surface area contributed by atoms with E-state index in [1.54, 1.807) is 0 Å². The molecule has 2 amide bonds. The number of rotatable bonds is 6. The van der Waals surface area contributed by atoms with Crippen LogP contribution in [0.5, 0.6) is 0 Å². The number of para-hydroxylation sites is 1. The van der Waals surface area contributed by atoms with Gasteiger partial charge < -0.3 is 10.2 Å².